The van der Waals surface area contributed by atoms with Crippen molar-refractivity contribution in [3.63, 3.8) is 0 Å². The minimum atomic E-state index is -1.03. The van der Waals surface area contributed by atoms with Gasteiger partial charge in [0.25, 0.3) is 0 Å². The third-order valence-electron chi connectivity index (χ3n) is 3.71. The molecular weight excluding hydrogens is 389 g/mol. The number of rotatable bonds is 8. The first kappa shape index (κ1) is 21.7. The van der Waals surface area contributed by atoms with Gasteiger partial charge in [-0.1, -0.05) is 29.8 Å². The minimum Gasteiger partial charge on any atom is -0.479 e. The maximum atomic E-state index is 13.7. The van der Waals surface area contributed by atoms with E-state index in [2.05, 4.69) is 5.32 Å². The summed E-state index contributed by atoms with van der Waals surface area (Å²) in [6.07, 6.45) is -1.69. The van der Waals surface area contributed by atoms with Crippen LogP contribution >= 0.6 is 11.6 Å². The number of halogens is 2. The Kier molecular flexibility index (Phi) is 7.78. The van der Waals surface area contributed by atoms with E-state index < -0.39 is 24.0 Å². The zero-order valence-electron chi connectivity index (χ0n) is 15.4. The number of carbonyl (C=O) groups is 2. The first-order valence-corrected chi connectivity index (χ1v) is 8.97. The van der Waals surface area contributed by atoms with Gasteiger partial charge in [-0.3, -0.25) is 5.32 Å². The second kappa shape index (κ2) is 10.1. The van der Waals surface area contributed by atoms with Gasteiger partial charge in [-0.2, -0.15) is 0 Å². The molecule has 1 amide bonds. The molecule has 2 rings (SSSR count). The number of aliphatic carboxylic acids is 1. The molecule has 0 saturated heterocycles. The Morgan fingerprint density at radius 3 is 2.43 bits per heavy atom. The van der Waals surface area contributed by atoms with Gasteiger partial charge in [0.05, 0.1) is 6.10 Å². The van der Waals surface area contributed by atoms with Crippen LogP contribution in [-0.4, -0.2) is 29.4 Å². The van der Waals surface area contributed by atoms with Gasteiger partial charge >= 0.3 is 12.1 Å². The Hall–Kier alpha value is -2.64. The molecule has 0 heterocycles. The van der Waals surface area contributed by atoms with E-state index in [4.69, 9.17) is 21.1 Å². The Balaban J connectivity index is 1.89. The molecule has 0 saturated carbocycles. The molecule has 0 radical (unpaired) electrons. The topological polar surface area (TPSA) is 84.9 Å². The normalized spacial score (nSPS) is 11.9. The van der Waals surface area contributed by atoms with E-state index in [9.17, 15) is 19.1 Å². The molecule has 28 heavy (non-hydrogen) atoms. The van der Waals surface area contributed by atoms with Crippen LogP contribution in [0.15, 0.2) is 42.5 Å². The molecule has 0 fully saturated rings. The summed E-state index contributed by atoms with van der Waals surface area (Å²) in [6, 6.07) is 10.7. The maximum Gasteiger partial charge on any atom is 0.411 e. The van der Waals surface area contributed by atoms with Crippen LogP contribution in [0.5, 0.6) is 0 Å². The predicted octanol–water partition coefficient (Wildman–Crippen LogP) is 4.65. The Morgan fingerprint density at radius 1 is 1.18 bits per heavy atom. The van der Waals surface area contributed by atoms with E-state index in [0.717, 1.165) is 11.6 Å². The molecule has 2 aromatic rings. The molecule has 0 spiro atoms. The molecular formula is C20H21ClFNO5. The Morgan fingerprint density at radius 2 is 1.86 bits per heavy atom. The first-order chi connectivity index (χ1) is 13.2. The van der Waals surface area contributed by atoms with Crippen molar-refractivity contribution in [1.82, 2.24) is 0 Å². The highest BCUT2D eigenvalue weighted by molar-refractivity contribution is 6.30. The molecule has 2 N–H and O–H groups in total. The summed E-state index contributed by atoms with van der Waals surface area (Å²) in [4.78, 5) is 23.1. The summed E-state index contributed by atoms with van der Waals surface area (Å²) in [7, 11) is 0. The van der Waals surface area contributed by atoms with Crippen molar-refractivity contribution in [2.24, 2.45) is 0 Å². The average molecular weight is 410 g/mol. The number of nitrogens with one attached hydrogen (secondary N) is 1. The SMILES string of the molecule is CC(C)OC(Cc1ccc(NC(=O)OCc2ccc(Cl)cc2F)cc1)C(=O)O. The van der Waals surface area contributed by atoms with Gasteiger partial charge in [0.2, 0.25) is 0 Å². The van der Waals surface area contributed by atoms with E-state index in [-0.39, 0.29) is 29.7 Å². The lowest BCUT2D eigenvalue weighted by Gasteiger charge is -2.16. The van der Waals surface area contributed by atoms with Crippen LogP contribution in [0.4, 0.5) is 14.9 Å². The number of hydrogen-bond acceptors (Lipinski definition) is 4. The minimum absolute atomic E-state index is 0.202. The second-order valence-corrected chi connectivity index (χ2v) is 6.79. The predicted molar refractivity (Wildman–Crippen MR) is 103 cm³/mol. The van der Waals surface area contributed by atoms with E-state index in [1.54, 1.807) is 38.1 Å². The molecule has 0 aliphatic heterocycles. The smallest absolute Gasteiger partial charge is 0.411 e. The van der Waals surface area contributed by atoms with Crippen molar-refractivity contribution in [3.05, 3.63) is 64.4 Å². The molecule has 0 aromatic heterocycles. The average Bonchev–Trinajstić information content (AvgIpc) is 2.61. The Bertz CT molecular complexity index is 826. The molecule has 6 nitrogen and oxygen atoms in total. The number of carbonyl (C=O) groups excluding carboxylic acids is 1. The molecule has 0 aliphatic rings. The largest absolute Gasteiger partial charge is 0.479 e. The summed E-state index contributed by atoms with van der Waals surface area (Å²) < 4.78 is 24.0. The van der Waals surface area contributed by atoms with Crippen molar-refractivity contribution in [1.29, 1.82) is 0 Å². The van der Waals surface area contributed by atoms with Gasteiger partial charge in [-0.25, -0.2) is 14.0 Å². The van der Waals surface area contributed by atoms with Gasteiger partial charge in [0, 0.05) is 22.7 Å². The van der Waals surface area contributed by atoms with Crippen LogP contribution in [0.3, 0.4) is 0 Å². The van der Waals surface area contributed by atoms with Gasteiger partial charge in [0.1, 0.15) is 12.4 Å². The highest BCUT2D eigenvalue weighted by Crippen LogP contribution is 2.17. The van der Waals surface area contributed by atoms with E-state index in [1.807, 2.05) is 0 Å². The lowest BCUT2D eigenvalue weighted by atomic mass is 10.1. The first-order valence-electron chi connectivity index (χ1n) is 8.59. The zero-order chi connectivity index (χ0) is 20.7. The molecule has 2 aromatic carbocycles. The standard InChI is InChI=1S/C20H21ClFNO5/c1-12(2)28-18(19(24)25)9-13-3-7-16(8-4-13)23-20(26)27-11-14-5-6-15(21)10-17(14)22/h3-8,10,12,18H,9,11H2,1-2H3,(H,23,26)(H,24,25). The number of carboxylic acids is 1. The quantitative estimate of drug-likeness (QED) is 0.663. The summed E-state index contributed by atoms with van der Waals surface area (Å²) >= 11 is 5.67. The number of amides is 1. The molecule has 1 unspecified atom stereocenters. The van der Waals surface area contributed by atoms with Crippen LogP contribution in [0.25, 0.3) is 0 Å². The van der Waals surface area contributed by atoms with Gasteiger partial charge < -0.3 is 14.6 Å². The van der Waals surface area contributed by atoms with Crippen molar-refractivity contribution in [2.45, 2.75) is 39.1 Å². The molecule has 150 valence electrons. The maximum absolute atomic E-state index is 13.7. The molecule has 0 aliphatic carbocycles. The third kappa shape index (κ3) is 6.83. The van der Waals surface area contributed by atoms with Crippen molar-refractivity contribution in [2.75, 3.05) is 5.32 Å². The number of hydrogen-bond donors (Lipinski definition) is 2. The highest BCUT2D eigenvalue weighted by atomic mass is 35.5. The van der Waals surface area contributed by atoms with E-state index in [1.165, 1.54) is 12.1 Å². The third-order valence-corrected chi connectivity index (χ3v) is 3.94. The van der Waals surface area contributed by atoms with E-state index >= 15 is 0 Å². The van der Waals surface area contributed by atoms with Crippen LogP contribution in [0.2, 0.25) is 5.02 Å². The fraction of sp³-hybridized carbons (Fsp3) is 0.300. The summed E-state index contributed by atoms with van der Waals surface area (Å²) in [5.41, 5.74) is 1.41. The molecule has 8 heteroatoms. The van der Waals surface area contributed by atoms with Gasteiger partial charge in [-0.05, 0) is 43.7 Å². The summed E-state index contributed by atoms with van der Waals surface area (Å²) in [5, 5.41) is 12.0. The Labute approximate surface area is 167 Å². The number of ether oxygens (including phenoxy) is 2. The van der Waals surface area contributed by atoms with Crippen molar-refractivity contribution in [3.8, 4) is 0 Å². The van der Waals surface area contributed by atoms with Crippen LogP contribution in [0, 0.1) is 5.82 Å². The number of carboxylic acid groups (broad SMARTS) is 1. The van der Waals surface area contributed by atoms with Crippen LogP contribution in [-0.2, 0) is 27.3 Å². The molecule has 1 atom stereocenters. The van der Waals surface area contributed by atoms with E-state index in [0.29, 0.717) is 5.69 Å². The van der Waals surface area contributed by atoms with Gasteiger partial charge in [0.15, 0.2) is 6.10 Å². The zero-order valence-corrected chi connectivity index (χ0v) is 16.2. The lowest BCUT2D eigenvalue weighted by molar-refractivity contribution is -0.153. The fourth-order valence-corrected chi connectivity index (χ4v) is 2.56. The fourth-order valence-electron chi connectivity index (χ4n) is 2.40. The van der Waals surface area contributed by atoms with Crippen molar-refractivity contribution < 1.29 is 28.6 Å². The van der Waals surface area contributed by atoms with Gasteiger partial charge in [-0.15, -0.1) is 0 Å². The summed E-state index contributed by atoms with van der Waals surface area (Å²) in [6.45, 7) is 3.30. The lowest BCUT2D eigenvalue weighted by Crippen LogP contribution is -2.29. The second-order valence-electron chi connectivity index (χ2n) is 6.35. The van der Waals surface area contributed by atoms with Crippen LogP contribution in [0.1, 0.15) is 25.0 Å². The van der Waals surface area contributed by atoms with Crippen molar-refractivity contribution >= 4 is 29.4 Å². The number of benzene rings is 2. The molecule has 0 bridgehead atoms. The monoisotopic (exact) mass is 409 g/mol. The van der Waals surface area contributed by atoms with Crippen LogP contribution < -0.4 is 5.32 Å². The summed E-state index contributed by atoms with van der Waals surface area (Å²) in [5.74, 6) is -1.59. The highest BCUT2D eigenvalue weighted by Gasteiger charge is 2.20. The number of anilines is 1.